The van der Waals surface area contributed by atoms with Crippen molar-refractivity contribution in [2.75, 3.05) is 26.7 Å². The lowest BCUT2D eigenvalue weighted by Crippen LogP contribution is -2.55. The van der Waals surface area contributed by atoms with Crippen molar-refractivity contribution in [3.63, 3.8) is 0 Å². The predicted octanol–water partition coefficient (Wildman–Crippen LogP) is 1.92. The van der Waals surface area contributed by atoms with Gasteiger partial charge in [-0.2, -0.15) is 0 Å². The fourth-order valence-corrected chi connectivity index (χ4v) is 2.42. The number of likely N-dealkylation sites (N-methyl/N-ethyl adjacent to an activating group) is 1. The zero-order valence-electron chi connectivity index (χ0n) is 10.1. The number of quaternary nitrogens is 1. The number of morpholine rings is 1. The second-order valence-corrected chi connectivity index (χ2v) is 4.72. The van der Waals surface area contributed by atoms with Gasteiger partial charge < -0.3 is 9.22 Å². The highest BCUT2D eigenvalue weighted by Crippen LogP contribution is 2.30. The first-order chi connectivity index (χ1) is 8.15. The number of esters is 1. The molecule has 0 bridgehead atoms. The second kappa shape index (κ2) is 4.72. The molecular formula is C14H18NO2+. The zero-order chi connectivity index (χ0) is 12.3. The van der Waals surface area contributed by atoms with E-state index in [9.17, 15) is 4.79 Å². The van der Waals surface area contributed by atoms with Gasteiger partial charge in [0.1, 0.15) is 12.6 Å². The molecule has 1 aliphatic rings. The molecule has 0 amide bonds. The van der Waals surface area contributed by atoms with Crippen molar-refractivity contribution in [2.24, 2.45) is 0 Å². The molecule has 1 saturated heterocycles. The number of carbonyl (C=O) groups excluding carboxylic acids is 1. The summed E-state index contributed by atoms with van der Waals surface area (Å²) in [5.74, 6) is -0.124. The van der Waals surface area contributed by atoms with E-state index in [1.54, 1.807) is 0 Å². The fourth-order valence-electron chi connectivity index (χ4n) is 2.42. The van der Waals surface area contributed by atoms with Crippen molar-refractivity contribution in [1.82, 2.24) is 0 Å². The Balaban J connectivity index is 2.30. The van der Waals surface area contributed by atoms with Crippen molar-refractivity contribution in [3.05, 3.63) is 48.6 Å². The molecule has 0 saturated carbocycles. The lowest BCUT2D eigenvalue weighted by molar-refractivity contribution is -0.932. The molecule has 1 aliphatic heterocycles. The molecule has 2 atom stereocenters. The van der Waals surface area contributed by atoms with Gasteiger partial charge in [-0.25, -0.2) is 4.79 Å². The lowest BCUT2D eigenvalue weighted by atomic mass is 10.0. The standard InChI is InChI=1S/C14H18NO2/c1-3-9-15(2)10-14(16)17-11-13(15)12-7-5-4-6-8-12/h3-8,13H,1,9-11H2,2H3/q+1/t13-,15?/m0/s1. The predicted molar refractivity (Wildman–Crippen MR) is 66.3 cm³/mol. The van der Waals surface area contributed by atoms with Crippen LogP contribution in [0.1, 0.15) is 11.6 Å². The Hall–Kier alpha value is -1.61. The number of rotatable bonds is 3. The molecule has 3 nitrogen and oxygen atoms in total. The lowest BCUT2D eigenvalue weighted by Gasteiger charge is -2.42. The first-order valence-corrected chi connectivity index (χ1v) is 5.81. The monoisotopic (exact) mass is 232 g/mol. The summed E-state index contributed by atoms with van der Waals surface area (Å²) >= 11 is 0. The highest BCUT2D eigenvalue weighted by Gasteiger charge is 2.40. The van der Waals surface area contributed by atoms with E-state index in [1.807, 2.05) is 24.3 Å². The van der Waals surface area contributed by atoms with Crippen molar-refractivity contribution in [2.45, 2.75) is 6.04 Å². The summed E-state index contributed by atoms with van der Waals surface area (Å²) in [5, 5.41) is 0. The van der Waals surface area contributed by atoms with Crippen LogP contribution in [0, 0.1) is 0 Å². The number of carbonyl (C=O) groups is 1. The molecule has 0 spiro atoms. The largest absolute Gasteiger partial charge is 0.455 e. The molecule has 0 aromatic heterocycles. The van der Waals surface area contributed by atoms with Crippen molar-refractivity contribution in [3.8, 4) is 0 Å². The van der Waals surface area contributed by atoms with Crippen LogP contribution in [0.15, 0.2) is 43.0 Å². The van der Waals surface area contributed by atoms with E-state index in [1.165, 1.54) is 5.56 Å². The third-order valence-corrected chi connectivity index (χ3v) is 3.38. The Labute approximate surface area is 102 Å². The SMILES string of the molecule is C=CC[N+]1(C)CC(=O)OC[C@H]1c1ccccc1. The number of cyclic esters (lactones) is 1. The Morgan fingerprint density at radius 1 is 1.47 bits per heavy atom. The van der Waals surface area contributed by atoms with Crippen molar-refractivity contribution in [1.29, 1.82) is 0 Å². The topological polar surface area (TPSA) is 26.3 Å². The number of hydrogen-bond donors (Lipinski definition) is 0. The van der Waals surface area contributed by atoms with E-state index in [-0.39, 0.29) is 12.0 Å². The van der Waals surface area contributed by atoms with Crippen LogP contribution in [0.3, 0.4) is 0 Å². The minimum absolute atomic E-state index is 0.124. The summed E-state index contributed by atoms with van der Waals surface area (Å²) in [6.45, 7) is 5.42. The molecule has 1 fully saturated rings. The maximum Gasteiger partial charge on any atom is 0.362 e. The number of hydrogen-bond acceptors (Lipinski definition) is 2. The molecule has 1 unspecified atom stereocenters. The first-order valence-electron chi connectivity index (χ1n) is 5.81. The molecule has 0 aliphatic carbocycles. The average Bonchev–Trinajstić information content (AvgIpc) is 2.30. The van der Waals surface area contributed by atoms with Gasteiger partial charge in [0, 0.05) is 5.56 Å². The number of nitrogens with zero attached hydrogens (tertiary/aromatic N) is 1. The molecule has 0 N–H and O–H groups in total. The van der Waals surface area contributed by atoms with Gasteiger partial charge in [-0.3, -0.25) is 0 Å². The Morgan fingerprint density at radius 2 is 2.18 bits per heavy atom. The maximum atomic E-state index is 11.5. The molecule has 1 aromatic carbocycles. The van der Waals surface area contributed by atoms with Crippen LogP contribution in [-0.2, 0) is 9.53 Å². The van der Waals surface area contributed by atoms with Gasteiger partial charge in [0.15, 0.2) is 6.54 Å². The van der Waals surface area contributed by atoms with Gasteiger partial charge in [-0.15, -0.1) is 0 Å². The zero-order valence-corrected chi connectivity index (χ0v) is 10.1. The Morgan fingerprint density at radius 3 is 2.82 bits per heavy atom. The summed E-state index contributed by atoms with van der Waals surface area (Å²) < 4.78 is 5.84. The van der Waals surface area contributed by atoms with E-state index in [4.69, 9.17) is 4.74 Å². The molecule has 2 rings (SSSR count). The molecule has 3 heteroatoms. The quantitative estimate of drug-likeness (QED) is 0.452. The summed E-state index contributed by atoms with van der Waals surface area (Å²) in [5.41, 5.74) is 1.21. The third kappa shape index (κ3) is 2.39. The van der Waals surface area contributed by atoms with Gasteiger partial charge in [-0.1, -0.05) is 36.9 Å². The van der Waals surface area contributed by atoms with Crippen LogP contribution in [0.25, 0.3) is 0 Å². The van der Waals surface area contributed by atoms with E-state index < -0.39 is 0 Å². The van der Waals surface area contributed by atoms with Crippen LogP contribution < -0.4 is 0 Å². The molecule has 1 aromatic rings. The summed E-state index contributed by atoms with van der Waals surface area (Å²) in [6, 6.07) is 10.4. The van der Waals surface area contributed by atoms with Crippen LogP contribution in [-0.4, -0.2) is 37.2 Å². The van der Waals surface area contributed by atoms with Gasteiger partial charge in [0.25, 0.3) is 0 Å². The van der Waals surface area contributed by atoms with Crippen molar-refractivity contribution >= 4 is 5.97 Å². The van der Waals surface area contributed by atoms with Crippen LogP contribution >= 0.6 is 0 Å². The van der Waals surface area contributed by atoms with Gasteiger partial charge in [-0.05, 0) is 6.08 Å². The Bertz CT molecular complexity index is 415. The van der Waals surface area contributed by atoms with E-state index >= 15 is 0 Å². The van der Waals surface area contributed by atoms with E-state index in [0.29, 0.717) is 17.6 Å². The van der Waals surface area contributed by atoms with E-state index in [2.05, 4.69) is 25.8 Å². The first kappa shape index (κ1) is 11.9. The molecule has 90 valence electrons. The normalized spacial score (nSPS) is 28.5. The van der Waals surface area contributed by atoms with Crippen LogP contribution in [0.5, 0.6) is 0 Å². The highest BCUT2D eigenvalue weighted by atomic mass is 16.5. The van der Waals surface area contributed by atoms with Gasteiger partial charge in [0.2, 0.25) is 0 Å². The summed E-state index contributed by atoms with van der Waals surface area (Å²) in [7, 11) is 2.08. The molecule has 1 heterocycles. The van der Waals surface area contributed by atoms with Gasteiger partial charge in [0.05, 0.1) is 13.6 Å². The van der Waals surface area contributed by atoms with Gasteiger partial charge >= 0.3 is 5.97 Å². The summed E-state index contributed by atoms with van der Waals surface area (Å²) in [6.07, 6.45) is 1.87. The Kier molecular flexibility index (Phi) is 3.29. The number of ether oxygens (including phenoxy) is 1. The summed E-state index contributed by atoms with van der Waals surface area (Å²) in [4.78, 5) is 11.5. The highest BCUT2D eigenvalue weighted by molar-refractivity contribution is 5.71. The smallest absolute Gasteiger partial charge is 0.362 e. The molecule has 17 heavy (non-hydrogen) atoms. The second-order valence-electron chi connectivity index (χ2n) is 4.72. The maximum absolute atomic E-state index is 11.5. The third-order valence-electron chi connectivity index (χ3n) is 3.38. The van der Waals surface area contributed by atoms with Crippen LogP contribution in [0.4, 0.5) is 0 Å². The van der Waals surface area contributed by atoms with E-state index in [0.717, 1.165) is 6.54 Å². The molecular weight excluding hydrogens is 214 g/mol. The fraction of sp³-hybridized carbons (Fsp3) is 0.357. The van der Waals surface area contributed by atoms with Crippen LogP contribution in [0.2, 0.25) is 0 Å². The minimum Gasteiger partial charge on any atom is -0.455 e. The van der Waals surface area contributed by atoms with Crippen molar-refractivity contribution < 1.29 is 14.0 Å². The molecule has 0 radical (unpaired) electrons. The number of benzene rings is 1. The average molecular weight is 232 g/mol. The minimum atomic E-state index is -0.124.